The zero-order valence-electron chi connectivity index (χ0n) is 17.1. The summed E-state index contributed by atoms with van der Waals surface area (Å²) in [7, 11) is 1.62. The number of nitrogens with one attached hydrogen (secondary N) is 2. The van der Waals surface area contributed by atoms with Gasteiger partial charge in [-0.25, -0.2) is 0 Å². The molecule has 0 saturated carbocycles. The second-order valence-corrected chi connectivity index (χ2v) is 6.75. The topological polar surface area (TPSA) is 89.1 Å². The Morgan fingerprint density at radius 1 is 0.967 bits per heavy atom. The molecule has 0 aromatic heterocycles. The van der Waals surface area contributed by atoms with E-state index in [4.69, 9.17) is 14.2 Å². The van der Waals surface area contributed by atoms with Gasteiger partial charge < -0.3 is 29.7 Å². The number of hydrogen-bond acceptors (Lipinski definition) is 6. The third kappa shape index (κ3) is 6.47. The molecule has 0 spiro atoms. The molecule has 1 saturated heterocycles. The largest absolute Gasteiger partial charge is 0.491 e. The molecule has 0 bridgehead atoms. The number of nitrogens with zero attached hydrogens (tertiary/aromatic N) is 1. The van der Waals surface area contributed by atoms with Gasteiger partial charge in [0, 0.05) is 37.1 Å². The molecule has 1 heterocycles. The van der Waals surface area contributed by atoms with Gasteiger partial charge in [-0.1, -0.05) is 0 Å². The average molecular weight is 413 g/mol. The van der Waals surface area contributed by atoms with Crippen molar-refractivity contribution in [2.75, 3.05) is 63.8 Å². The molecule has 0 radical (unpaired) electrons. The van der Waals surface area contributed by atoms with Crippen LogP contribution in [0.4, 0.5) is 11.4 Å². The zero-order valence-corrected chi connectivity index (χ0v) is 17.1. The van der Waals surface area contributed by atoms with Crippen molar-refractivity contribution in [2.45, 2.75) is 0 Å². The quantitative estimate of drug-likeness (QED) is 0.613. The Labute approximate surface area is 176 Å². The van der Waals surface area contributed by atoms with E-state index in [1.807, 2.05) is 0 Å². The van der Waals surface area contributed by atoms with Gasteiger partial charge in [0.1, 0.15) is 12.4 Å². The highest BCUT2D eigenvalue weighted by molar-refractivity contribution is 5.95. The molecule has 3 rings (SSSR count). The smallest absolute Gasteiger partial charge is 0.254 e. The van der Waals surface area contributed by atoms with Crippen molar-refractivity contribution in [3.05, 3.63) is 54.1 Å². The Hall–Kier alpha value is -3.10. The number of benzene rings is 2. The monoisotopic (exact) mass is 413 g/mol. The number of amides is 2. The molecule has 0 unspecified atom stereocenters. The number of carbonyl (C=O) groups is 2. The number of rotatable bonds is 9. The fourth-order valence-electron chi connectivity index (χ4n) is 2.94. The summed E-state index contributed by atoms with van der Waals surface area (Å²) in [6.45, 7) is 3.48. The van der Waals surface area contributed by atoms with Crippen LogP contribution >= 0.6 is 0 Å². The molecule has 1 aliphatic heterocycles. The zero-order chi connectivity index (χ0) is 21.2. The fourth-order valence-corrected chi connectivity index (χ4v) is 2.94. The van der Waals surface area contributed by atoms with Crippen molar-refractivity contribution in [3.8, 4) is 5.75 Å². The third-order valence-corrected chi connectivity index (χ3v) is 4.58. The summed E-state index contributed by atoms with van der Waals surface area (Å²) >= 11 is 0. The number of carbonyl (C=O) groups excluding carboxylic acids is 2. The Bertz CT molecular complexity index is 818. The first kappa shape index (κ1) is 21.6. The van der Waals surface area contributed by atoms with Crippen molar-refractivity contribution >= 4 is 23.2 Å². The molecule has 1 fully saturated rings. The van der Waals surface area contributed by atoms with Gasteiger partial charge in [-0.05, 0) is 48.5 Å². The lowest BCUT2D eigenvalue weighted by Gasteiger charge is -2.26. The van der Waals surface area contributed by atoms with Crippen LogP contribution in [0.1, 0.15) is 10.4 Å². The Morgan fingerprint density at radius 2 is 1.63 bits per heavy atom. The molecule has 0 atom stereocenters. The second kappa shape index (κ2) is 11.2. The van der Waals surface area contributed by atoms with Crippen molar-refractivity contribution < 1.29 is 23.8 Å². The van der Waals surface area contributed by atoms with Crippen LogP contribution in [-0.4, -0.2) is 69.9 Å². The molecule has 2 N–H and O–H groups in total. The minimum atomic E-state index is -0.170. The number of anilines is 2. The van der Waals surface area contributed by atoms with Crippen LogP contribution in [-0.2, 0) is 14.3 Å². The minimum absolute atomic E-state index is 0.00256. The highest BCUT2D eigenvalue weighted by atomic mass is 16.5. The van der Waals surface area contributed by atoms with Gasteiger partial charge in [0.25, 0.3) is 5.91 Å². The molecule has 1 aliphatic rings. The number of hydrogen-bond donors (Lipinski definition) is 2. The predicted molar refractivity (Wildman–Crippen MR) is 114 cm³/mol. The third-order valence-electron chi connectivity index (χ3n) is 4.58. The molecule has 2 aromatic carbocycles. The highest BCUT2D eigenvalue weighted by Crippen LogP contribution is 2.16. The Balaban J connectivity index is 1.43. The first-order chi connectivity index (χ1) is 14.7. The van der Waals surface area contributed by atoms with E-state index < -0.39 is 0 Å². The molecule has 2 amide bonds. The maximum atomic E-state index is 12.4. The van der Waals surface area contributed by atoms with Gasteiger partial charge >= 0.3 is 0 Å². The first-order valence-electron chi connectivity index (χ1n) is 9.88. The van der Waals surface area contributed by atoms with Gasteiger partial charge in [0.2, 0.25) is 5.91 Å². The highest BCUT2D eigenvalue weighted by Gasteiger charge is 2.18. The lowest BCUT2D eigenvalue weighted by molar-refractivity contribution is -0.114. The SMILES string of the molecule is COCCOc1ccc(NC(=O)CNc2ccc(C(=O)N3CCOCC3)cc2)cc1. The van der Waals surface area contributed by atoms with E-state index in [-0.39, 0.29) is 18.4 Å². The summed E-state index contributed by atoms with van der Waals surface area (Å²) in [4.78, 5) is 26.4. The molecule has 0 aliphatic carbocycles. The second-order valence-electron chi connectivity index (χ2n) is 6.75. The number of morpholine rings is 1. The Kier molecular flexibility index (Phi) is 8.05. The molecule has 160 valence electrons. The standard InChI is InChI=1S/C22H27N3O5/c1-28-14-15-30-20-8-6-19(7-9-20)24-21(26)16-23-18-4-2-17(3-5-18)22(27)25-10-12-29-13-11-25/h2-9,23H,10-16H2,1H3,(H,24,26). The summed E-state index contributed by atoms with van der Waals surface area (Å²) < 4.78 is 15.7. The molecule has 2 aromatic rings. The maximum absolute atomic E-state index is 12.4. The molecule has 8 heteroatoms. The fraction of sp³-hybridized carbons (Fsp3) is 0.364. The van der Waals surface area contributed by atoms with Crippen LogP contribution in [0.3, 0.4) is 0 Å². The van der Waals surface area contributed by atoms with Crippen molar-refractivity contribution in [3.63, 3.8) is 0 Å². The normalized spacial score (nSPS) is 13.6. The van der Waals surface area contributed by atoms with Gasteiger partial charge in [0.05, 0.1) is 26.4 Å². The van der Waals surface area contributed by atoms with Gasteiger partial charge in [-0.2, -0.15) is 0 Å². The summed E-state index contributed by atoms with van der Waals surface area (Å²) in [5.41, 5.74) is 2.08. The van der Waals surface area contributed by atoms with E-state index in [9.17, 15) is 9.59 Å². The first-order valence-corrected chi connectivity index (χ1v) is 9.88. The van der Waals surface area contributed by atoms with E-state index in [0.29, 0.717) is 50.8 Å². The summed E-state index contributed by atoms with van der Waals surface area (Å²) in [5.74, 6) is 0.545. The van der Waals surface area contributed by atoms with Crippen LogP contribution in [0.2, 0.25) is 0 Å². The summed E-state index contributed by atoms with van der Waals surface area (Å²) in [6.07, 6.45) is 0. The predicted octanol–water partition coefficient (Wildman–Crippen LogP) is 2.23. The lowest BCUT2D eigenvalue weighted by Crippen LogP contribution is -2.40. The minimum Gasteiger partial charge on any atom is -0.491 e. The van der Waals surface area contributed by atoms with Crippen molar-refractivity contribution in [2.24, 2.45) is 0 Å². The molecule has 8 nitrogen and oxygen atoms in total. The van der Waals surface area contributed by atoms with E-state index in [1.54, 1.807) is 60.5 Å². The maximum Gasteiger partial charge on any atom is 0.254 e. The van der Waals surface area contributed by atoms with Crippen molar-refractivity contribution in [1.29, 1.82) is 0 Å². The lowest BCUT2D eigenvalue weighted by atomic mass is 10.1. The van der Waals surface area contributed by atoms with E-state index in [2.05, 4.69) is 10.6 Å². The van der Waals surface area contributed by atoms with Crippen LogP contribution < -0.4 is 15.4 Å². The van der Waals surface area contributed by atoms with E-state index in [1.165, 1.54) is 0 Å². The summed E-state index contributed by atoms with van der Waals surface area (Å²) in [6, 6.07) is 14.3. The molecular formula is C22H27N3O5. The summed E-state index contributed by atoms with van der Waals surface area (Å²) in [5, 5.41) is 5.89. The molecule has 30 heavy (non-hydrogen) atoms. The van der Waals surface area contributed by atoms with E-state index in [0.717, 1.165) is 11.4 Å². The average Bonchev–Trinajstić information content (AvgIpc) is 2.79. The van der Waals surface area contributed by atoms with Crippen LogP contribution in [0.25, 0.3) is 0 Å². The van der Waals surface area contributed by atoms with Gasteiger partial charge in [-0.15, -0.1) is 0 Å². The van der Waals surface area contributed by atoms with E-state index >= 15 is 0 Å². The van der Waals surface area contributed by atoms with Crippen LogP contribution in [0, 0.1) is 0 Å². The van der Waals surface area contributed by atoms with Gasteiger partial charge in [0.15, 0.2) is 0 Å². The van der Waals surface area contributed by atoms with Crippen molar-refractivity contribution in [1.82, 2.24) is 4.90 Å². The number of methoxy groups -OCH3 is 1. The Morgan fingerprint density at radius 3 is 2.30 bits per heavy atom. The van der Waals surface area contributed by atoms with Crippen LogP contribution in [0.5, 0.6) is 5.75 Å². The molecular weight excluding hydrogens is 386 g/mol. The number of ether oxygens (including phenoxy) is 3. The van der Waals surface area contributed by atoms with Gasteiger partial charge in [-0.3, -0.25) is 9.59 Å². The van der Waals surface area contributed by atoms with Crippen LogP contribution in [0.15, 0.2) is 48.5 Å².